The second-order valence-corrected chi connectivity index (χ2v) is 7.76. The second kappa shape index (κ2) is 8.02. The Morgan fingerprint density at radius 3 is 1.65 bits per heavy atom. The highest BCUT2D eigenvalue weighted by molar-refractivity contribution is 5.90. The van der Waals surface area contributed by atoms with Gasteiger partial charge >= 0.3 is 0 Å². The van der Waals surface area contributed by atoms with Gasteiger partial charge in [-0.2, -0.15) is 0 Å². The van der Waals surface area contributed by atoms with Crippen molar-refractivity contribution in [3.8, 4) is 0 Å². The van der Waals surface area contributed by atoms with Gasteiger partial charge in [0.15, 0.2) is 5.60 Å². The van der Waals surface area contributed by atoms with Crippen LogP contribution in [0.1, 0.15) is 31.9 Å². The number of hydrogen-bond acceptors (Lipinski definition) is 3. The van der Waals surface area contributed by atoms with Crippen molar-refractivity contribution in [3.63, 3.8) is 0 Å². The minimum atomic E-state index is -1.70. The molecule has 2 aromatic rings. The van der Waals surface area contributed by atoms with E-state index in [4.69, 9.17) is 0 Å². The van der Waals surface area contributed by atoms with Crippen molar-refractivity contribution in [2.75, 3.05) is 27.2 Å². The van der Waals surface area contributed by atoms with Gasteiger partial charge < -0.3 is 10.0 Å². The lowest BCUT2D eigenvalue weighted by Gasteiger charge is -2.36. The highest BCUT2D eigenvalue weighted by Gasteiger charge is 2.41. The van der Waals surface area contributed by atoms with Crippen LogP contribution in [0.2, 0.25) is 0 Å². The first-order valence-corrected chi connectivity index (χ1v) is 8.97. The smallest absolute Gasteiger partial charge is 0.263 e. The number of benzene rings is 2. The maximum atomic E-state index is 13.3. The number of likely N-dealkylation sites (N-methyl/N-ethyl adjacent to an activating group) is 2. The van der Waals surface area contributed by atoms with Gasteiger partial charge in [0, 0.05) is 25.7 Å². The minimum Gasteiger partial charge on any atom is -0.372 e. The van der Waals surface area contributed by atoms with Crippen LogP contribution in [0.25, 0.3) is 0 Å². The fourth-order valence-electron chi connectivity index (χ4n) is 2.79. The molecule has 140 valence electrons. The van der Waals surface area contributed by atoms with Crippen molar-refractivity contribution >= 4 is 5.91 Å². The normalized spacial score (nSPS) is 12.3. The summed E-state index contributed by atoms with van der Waals surface area (Å²) in [4.78, 5) is 17.1. The standard InChI is InChI=1S/C22H30N2O2/c1-21(2,3)24(5)17-16-23(4)20(25)22(26,18-12-8-6-9-13-18)19-14-10-7-11-15-19/h6-15,26H,16-17H2,1-5H3. The molecule has 26 heavy (non-hydrogen) atoms. The van der Waals surface area contributed by atoms with E-state index in [1.807, 2.05) is 43.4 Å². The maximum absolute atomic E-state index is 13.3. The molecule has 0 aliphatic carbocycles. The number of carbonyl (C=O) groups is 1. The topological polar surface area (TPSA) is 43.8 Å². The maximum Gasteiger partial charge on any atom is 0.263 e. The van der Waals surface area contributed by atoms with E-state index in [-0.39, 0.29) is 11.4 Å². The molecule has 0 aromatic heterocycles. The zero-order valence-corrected chi connectivity index (χ0v) is 16.4. The van der Waals surface area contributed by atoms with Crippen LogP contribution in [-0.2, 0) is 10.4 Å². The van der Waals surface area contributed by atoms with Crippen LogP contribution in [0.5, 0.6) is 0 Å². The molecule has 0 aliphatic heterocycles. The molecule has 1 amide bonds. The summed E-state index contributed by atoms with van der Waals surface area (Å²) in [7, 11) is 3.79. The Labute approximate surface area is 157 Å². The molecule has 0 unspecified atom stereocenters. The van der Waals surface area contributed by atoms with Crippen LogP contribution >= 0.6 is 0 Å². The van der Waals surface area contributed by atoms with Crippen molar-refractivity contribution in [2.45, 2.75) is 31.9 Å². The summed E-state index contributed by atoms with van der Waals surface area (Å²) < 4.78 is 0. The Kier molecular flexibility index (Phi) is 6.21. The molecule has 0 saturated carbocycles. The van der Waals surface area contributed by atoms with Gasteiger partial charge in [-0.05, 0) is 38.9 Å². The molecule has 0 saturated heterocycles. The zero-order valence-electron chi connectivity index (χ0n) is 16.4. The van der Waals surface area contributed by atoms with Gasteiger partial charge in [0.05, 0.1) is 0 Å². The van der Waals surface area contributed by atoms with E-state index in [0.29, 0.717) is 17.7 Å². The van der Waals surface area contributed by atoms with Crippen LogP contribution in [0.3, 0.4) is 0 Å². The highest BCUT2D eigenvalue weighted by atomic mass is 16.3. The largest absolute Gasteiger partial charge is 0.372 e. The molecular formula is C22H30N2O2. The van der Waals surface area contributed by atoms with Gasteiger partial charge in [0.1, 0.15) is 0 Å². The monoisotopic (exact) mass is 354 g/mol. The molecule has 0 heterocycles. The van der Waals surface area contributed by atoms with Gasteiger partial charge in [-0.1, -0.05) is 60.7 Å². The van der Waals surface area contributed by atoms with Crippen molar-refractivity contribution in [1.82, 2.24) is 9.80 Å². The molecule has 1 N–H and O–H groups in total. The van der Waals surface area contributed by atoms with Crippen molar-refractivity contribution in [2.24, 2.45) is 0 Å². The van der Waals surface area contributed by atoms with Gasteiger partial charge in [-0.25, -0.2) is 0 Å². The first kappa shape index (κ1) is 20.1. The molecule has 4 heteroatoms. The molecule has 0 aliphatic rings. The molecule has 0 bridgehead atoms. The first-order valence-electron chi connectivity index (χ1n) is 8.97. The third kappa shape index (κ3) is 4.32. The van der Waals surface area contributed by atoms with E-state index >= 15 is 0 Å². The summed E-state index contributed by atoms with van der Waals surface area (Å²) in [5.74, 6) is -0.322. The van der Waals surface area contributed by atoms with Crippen LogP contribution in [0.15, 0.2) is 60.7 Å². The number of carbonyl (C=O) groups excluding carboxylic acids is 1. The van der Waals surface area contributed by atoms with Crippen molar-refractivity contribution < 1.29 is 9.90 Å². The second-order valence-electron chi connectivity index (χ2n) is 7.76. The van der Waals surface area contributed by atoms with Gasteiger partial charge in [0.25, 0.3) is 5.91 Å². The predicted molar refractivity (Wildman–Crippen MR) is 106 cm³/mol. The number of rotatable bonds is 6. The van der Waals surface area contributed by atoms with E-state index in [2.05, 4.69) is 25.7 Å². The summed E-state index contributed by atoms with van der Waals surface area (Å²) in [5.41, 5.74) is -0.518. The fourth-order valence-corrected chi connectivity index (χ4v) is 2.79. The molecule has 0 radical (unpaired) electrons. The van der Waals surface area contributed by atoms with E-state index in [9.17, 15) is 9.90 Å². The molecule has 4 nitrogen and oxygen atoms in total. The summed E-state index contributed by atoms with van der Waals surface area (Å²) in [5, 5.41) is 11.5. The Morgan fingerprint density at radius 1 is 0.846 bits per heavy atom. The molecule has 0 atom stereocenters. The number of hydrogen-bond donors (Lipinski definition) is 1. The Hall–Kier alpha value is -2.17. The lowest BCUT2D eigenvalue weighted by molar-refractivity contribution is -0.147. The lowest BCUT2D eigenvalue weighted by atomic mass is 9.85. The van der Waals surface area contributed by atoms with Crippen molar-refractivity contribution in [1.29, 1.82) is 0 Å². The molecule has 2 aromatic carbocycles. The summed E-state index contributed by atoms with van der Waals surface area (Å²) in [6.45, 7) is 7.68. The van der Waals surface area contributed by atoms with Gasteiger partial charge in [0.2, 0.25) is 0 Å². The third-order valence-electron chi connectivity index (χ3n) is 4.96. The van der Waals surface area contributed by atoms with E-state index in [0.717, 1.165) is 6.54 Å². The molecule has 2 rings (SSSR count). The number of amides is 1. The number of nitrogens with zero attached hydrogens (tertiary/aromatic N) is 2. The quantitative estimate of drug-likeness (QED) is 0.867. The van der Waals surface area contributed by atoms with Crippen LogP contribution in [-0.4, -0.2) is 53.5 Å². The zero-order chi connectivity index (χ0) is 19.4. The molecule has 0 fully saturated rings. The first-order chi connectivity index (χ1) is 12.2. The predicted octanol–water partition coefficient (Wildman–Crippen LogP) is 3.11. The Balaban J connectivity index is 2.30. The van der Waals surface area contributed by atoms with Crippen molar-refractivity contribution in [3.05, 3.63) is 71.8 Å². The highest BCUT2D eigenvalue weighted by Crippen LogP contribution is 2.31. The van der Waals surface area contributed by atoms with Gasteiger partial charge in [-0.15, -0.1) is 0 Å². The van der Waals surface area contributed by atoms with Crippen LogP contribution in [0.4, 0.5) is 0 Å². The lowest BCUT2D eigenvalue weighted by Crippen LogP contribution is -2.49. The molecule has 0 spiro atoms. The average molecular weight is 354 g/mol. The molecular weight excluding hydrogens is 324 g/mol. The van der Waals surface area contributed by atoms with E-state index < -0.39 is 5.60 Å². The minimum absolute atomic E-state index is 0.0268. The Bertz CT molecular complexity index is 668. The van der Waals surface area contributed by atoms with E-state index in [1.165, 1.54) is 0 Å². The SMILES string of the molecule is CN(CCN(C)C(C)(C)C)C(=O)C(O)(c1ccccc1)c1ccccc1. The number of aliphatic hydroxyl groups is 1. The summed E-state index contributed by atoms with van der Waals surface area (Å²) in [6, 6.07) is 18.3. The van der Waals surface area contributed by atoms with E-state index in [1.54, 1.807) is 36.2 Å². The fraction of sp³-hybridized carbons (Fsp3) is 0.409. The Morgan fingerprint density at radius 2 is 1.27 bits per heavy atom. The average Bonchev–Trinajstić information content (AvgIpc) is 2.65. The van der Waals surface area contributed by atoms with Crippen LogP contribution < -0.4 is 0 Å². The summed E-state index contributed by atoms with van der Waals surface area (Å²) >= 11 is 0. The summed E-state index contributed by atoms with van der Waals surface area (Å²) in [6.07, 6.45) is 0. The van der Waals surface area contributed by atoms with Crippen LogP contribution in [0, 0.1) is 0 Å². The third-order valence-corrected chi connectivity index (χ3v) is 4.96. The van der Waals surface area contributed by atoms with Gasteiger partial charge in [-0.3, -0.25) is 9.69 Å².